The van der Waals surface area contributed by atoms with E-state index in [0.717, 1.165) is 28.2 Å². The lowest BCUT2D eigenvalue weighted by Gasteiger charge is -2.37. The summed E-state index contributed by atoms with van der Waals surface area (Å²) in [6, 6.07) is 13.8. The molecule has 1 aromatic carbocycles. The minimum absolute atomic E-state index is 0.0677. The van der Waals surface area contributed by atoms with Gasteiger partial charge in [-0.1, -0.05) is 12.1 Å². The number of aryl methyl sites for hydroxylation is 1. The van der Waals surface area contributed by atoms with Gasteiger partial charge in [0.2, 0.25) is 0 Å². The number of hydrogen-bond donors (Lipinski definition) is 0. The van der Waals surface area contributed by atoms with Gasteiger partial charge in [0, 0.05) is 23.3 Å². The standard InChI is InChI=1S/C24H23N3O3S/c1-15-6-4-8-22-25-18(14-27(15)22)24(28)26-10-9-16-12-19(29-2)20(30-3)13-17(16)23(26)21-7-5-11-31-21/h4-8,11-14,23H,9-10H2,1-3H3. The van der Waals surface area contributed by atoms with Crippen LogP contribution in [0.5, 0.6) is 11.5 Å². The van der Waals surface area contributed by atoms with Crippen molar-refractivity contribution in [1.82, 2.24) is 14.3 Å². The molecule has 158 valence electrons. The molecule has 1 atom stereocenters. The Kier molecular flexibility index (Phi) is 4.90. The third-order valence-corrected chi connectivity index (χ3v) is 6.79. The SMILES string of the molecule is COc1cc2c(cc1OC)C(c1cccs1)N(C(=O)c1cn3c(C)cccc3n1)CC2. The number of imidazole rings is 1. The first-order valence-electron chi connectivity index (χ1n) is 10.1. The van der Waals surface area contributed by atoms with E-state index >= 15 is 0 Å². The van der Waals surface area contributed by atoms with E-state index in [1.807, 2.05) is 64.2 Å². The van der Waals surface area contributed by atoms with Crippen LogP contribution in [0.1, 0.15) is 38.2 Å². The molecule has 7 heteroatoms. The van der Waals surface area contributed by atoms with Crippen molar-refractivity contribution in [3.63, 3.8) is 0 Å². The van der Waals surface area contributed by atoms with Crippen molar-refractivity contribution in [2.24, 2.45) is 0 Å². The fourth-order valence-corrected chi connectivity index (χ4v) is 5.17. The number of carbonyl (C=O) groups excluding carboxylic acids is 1. The quantitative estimate of drug-likeness (QED) is 0.475. The lowest BCUT2D eigenvalue weighted by Crippen LogP contribution is -2.40. The molecular formula is C24H23N3O3S. The van der Waals surface area contributed by atoms with Crippen molar-refractivity contribution in [2.75, 3.05) is 20.8 Å². The minimum Gasteiger partial charge on any atom is -0.493 e. The van der Waals surface area contributed by atoms with E-state index in [0.29, 0.717) is 23.7 Å². The van der Waals surface area contributed by atoms with Gasteiger partial charge in [0.05, 0.1) is 20.3 Å². The highest BCUT2D eigenvalue weighted by atomic mass is 32.1. The van der Waals surface area contributed by atoms with Crippen molar-refractivity contribution >= 4 is 22.9 Å². The highest BCUT2D eigenvalue weighted by molar-refractivity contribution is 7.10. The number of benzene rings is 1. The van der Waals surface area contributed by atoms with Crippen LogP contribution in [0.25, 0.3) is 5.65 Å². The number of thiophene rings is 1. The van der Waals surface area contributed by atoms with Crippen molar-refractivity contribution in [2.45, 2.75) is 19.4 Å². The maximum absolute atomic E-state index is 13.7. The molecule has 0 fully saturated rings. The zero-order valence-corrected chi connectivity index (χ0v) is 18.5. The van der Waals surface area contributed by atoms with Gasteiger partial charge in [0.1, 0.15) is 11.3 Å². The summed E-state index contributed by atoms with van der Waals surface area (Å²) in [6.07, 6.45) is 2.58. The number of fused-ring (bicyclic) bond motifs is 2. The zero-order chi connectivity index (χ0) is 21.5. The summed E-state index contributed by atoms with van der Waals surface area (Å²) in [6.45, 7) is 2.62. The van der Waals surface area contributed by atoms with Gasteiger partial charge >= 0.3 is 0 Å². The Bertz CT molecular complexity index is 1260. The van der Waals surface area contributed by atoms with Crippen LogP contribution in [0.2, 0.25) is 0 Å². The van der Waals surface area contributed by atoms with Gasteiger partial charge in [-0.2, -0.15) is 0 Å². The molecule has 31 heavy (non-hydrogen) atoms. The van der Waals surface area contributed by atoms with Crippen LogP contribution < -0.4 is 9.47 Å². The largest absolute Gasteiger partial charge is 0.493 e. The number of hydrogen-bond acceptors (Lipinski definition) is 5. The predicted octanol–water partition coefficient (Wildman–Crippen LogP) is 4.51. The highest BCUT2D eigenvalue weighted by Gasteiger charge is 2.35. The molecule has 6 nitrogen and oxygen atoms in total. The molecule has 0 bridgehead atoms. The first-order chi connectivity index (χ1) is 15.1. The Hall–Kier alpha value is -3.32. The smallest absolute Gasteiger partial charge is 0.274 e. The average molecular weight is 434 g/mol. The van der Waals surface area contributed by atoms with E-state index in [4.69, 9.17) is 9.47 Å². The number of pyridine rings is 1. The molecule has 0 saturated heterocycles. The second-order valence-corrected chi connectivity index (χ2v) is 8.57. The monoisotopic (exact) mass is 433 g/mol. The van der Waals surface area contributed by atoms with Crippen LogP contribution in [0, 0.1) is 6.92 Å². The molecule has 1 amide bonds. The van der Waals surface area contributed by atoms with Gasteiger partial charge in [0.25, 0.3) is 5.91 Å². The number of rotatable bonds is 4. The van der Waals surface area contributed by atoms with Crippen LogP contribution in [-0.2, 0) is 6.42 Å². The molecule has 1 unspecified atom stereocenters. The van der Waals surface area contributed by atoms with E-state index in [1.165, 1.54) is 5.56 Å². The molecule has 0 N–H and O–H groups in total. The van der Waals surface area contributed by atoms with Crippen molar-refractivity contribution < 1.29 is 14.3 Å². The summed E-state index contributed by atoms with van der Waals surface area (Å²) in [5, 5.41) is 2.04. The summed E-state index contributed by atoms with van der Waals surface area (Å²) in [4.78, 5) is 21.3. The van der Waals surface area contributed by atoms with Crippen LogP contribution >= 0.6 is 11.3 Å². The normalized spacial score (nSPS) is 15.7. The molecule has 0 saturated carbocycles. The van der Waals surface area contributed by atoms with E-state index in [1.54, 1.807) is 25.6 Å². The predicted molar refractivity (Wildman–Crippen MR) is 120 cm³/mol. The van der Waals surface area contributed by atoms with Crippen molar-refractivity contribution in [3.8, 4) is 11.5 Å². The molecule has 5 rings (SSSR count). The topological polar surface area (TPSA) is 56.1 Å². The fraction of sp³-hybridized carbons (Fsp3) is 0.250. The van der Waals surface area contributed by atoms with Gasteiger partial charge in [-0.05, 0) is 60.2 Å². The molecule has 1 aliphatic rings. The Labute approximate surface area is 184 Å². The molecule has 4 heterocycles. The molecule has 0 spiro atoms. The Balaban J connectivity index is 1.61. The second kappa shape index (κ2) is 7.74. The van der Waals surface area contributed by atoms with Crippen LogP contribution in [0.15, 0.2) is 54.0 Å². The average Bonchev–Trinajstić information content (AvgIpc) is 3.47. The van der Waals surface area contributed by atoms with Gasteiger partial charge in [-0.25, -0.2) is 4.98 Å². The number of methoxy groups -OCH3 is 2. The first kappa shape index (κ1) is 19.6. The number of nitrogens with zero attached hydrogens (tertiary/aromatic N) is 3. The second-order valence-electron chi connectivity index (χ2n) is 7.59. The number of amides is 1. The van der Waals surface area contributed by atoms with Crippen LogP contribution in [-0.4, -0.2) is 41.0 Å². The highest BCUT2D eigenvalue weighted by Crippen LogP contribution is 2.42. The number of aromatic nitrogens is 2. The Morgan fingerprint density at radius 2 is 1.94 bits per heavy atom. The summed E-state index contributed by atoms with van der Waals surface area (Å²) in [5.41, 5.74) is 4.52. The lowest BCUT2D eigenvalue weighted by molar-refractivity contribution is 0.0691. The summed E-state index contributed by atoms with van der Waals surface area (Å²) in [5.74, 6) is 1.31. The van der Waals surface area contributed by atoms with Crippen molar-refractivity contribution in [3.05, 3.63) is 81.4 Å². The van der Waals surface area contributed by atoms with Gasteiger partial charge < -0.3 is 18.8 Å². The lowest BCUT2D eigenvalue weighted by atomic mass is 9.90. The molecule has 3 aromatic heterocycles. The van der Waals surface area contributed by atoms with Crippen molar-refractivity contribution in [1.29, 1.82) is 0 Å². The molecule has 0 radical (unpaired) electrons. The third-order valence-electron chi connectivity index (χ3n) is 5.86. The maximum Gasteiger partial charge on any atom is 0.274 e. The van der Waals surface area contributed by atoms with Crippen LogP contribution in [0.4, 0.5) is 0 Å². The number of carbonyl (C=O) groups is 1. The summed E-state index contributed by atoms with van der Waals surface area (Å²) < 4.78 is 13.0. The van der Waals surface area contributed by atoms with Crippen LogP contribution in [0.3, 0.4) is 0 Å². The minimum atomic E-state index is -0.193. The maximum atomic E-state index is 13.7. The van der Waals surface area contributed by atoms with E-state index in [2.05, 4.69) is 11.1 Å². The number of ether oxygens (including phenoxy) is 2. The summed E-state index contributed by atoms with van der Waals surface area (Å²) >= 11 is 1.65. The summed E-state index contributed by atoms with van der Waals surface area (Å²) in [7, 11) is 3.28. The molecule has 4 aromatic rings. The van der Waals surface area contributed by atoms with Gasteiger partial charge in [0.15, 0.2) is 11.5 Å². The first-order valence-corrected chi connectivity index (χ1v) is 11.0. The Morgan fingerprint density at radius 1 is 1.13 bits per heavy atom. The molecule has 0 aliphatic carbocycles. The van der Waals surface area contributed by atoms with E-state index < -0.39 is 0 Å². The van der Waals surface area contributed by atoms with Gasteiger partial charge in [-0.3, -0.25) is 4.79 Å². The zero-order valence-electron chi connectivity index (χ0n) is 17.7. The third kappa shape index (κ3) is 3.25. The molecule has 1 aliphatic heterocycles. The Morgan fingerprint density at radius 3 is 2.65 bits per heavy atom. The van der Waals surface area contributed by atoms with E-state index in [9.17, 15) is 4.79 Å². The fourth-order valence-electron chi connectivity index (χ4n) is 4.32. The molecular weight excluding hydrogens is 410 g/mol. The van der Waals surface area contributed by atoms with Gasteiger partial charge in [-0.15, -0.1) is 11.3 Å². The van der Waals surface area contributed by atoms with E-state index in [-0.39, 0.29) is 11.9 Å².